The summed E-state index contributed by atoms with van der Waals surface area (Å²) in [7, 11) is -3.50. The summed E-state index contributed by atoms with van der Waals surface area (Å²) in [6, 6.07) is 6.53. The van der Waals surface area contributed by atoms with Crippen LogP contribution in [0.2, 0.25) is 0 Å². The van der Waals surface area contributed by atoms with Crippen molar-refractivity contribution in [3.05, 3.63) is 54.1 Å². The lowest BCUT2D eigenvalue weighted by molar-refractivity contribution is -0.116. The van der Waals surface area contributed by atoms with Crippen LogP contribution in [0.3, 0.4) is 0 Å². The lowest BCUT2D eigenvalue weighted by Crippen LogP contribution is -2.40. The SMILES string of the molecule is O=C(/C=C/c1cnc[nH]1)NCc1ccc(S(=O)(=O)N2CCOCC2)cc1. The Morgan fingerprint density at radius 1 is 1.27 bits per heavy atom. The van der Waals surface area contributed by atoms with E-state index in [1.54, 1.807) is 36.5 Å². The van der Waals surface area contributed by atoms with Crippen molar-refractivity contribution in [1.29, 1.82) is 0 Å². The number of rotatable bonds is 6. The fourth-order valence-corrected chi connectivity index (χ4v) is 3.89. The van der Waals surface area contributed by atoms with Crippen LogP contribution in [0.25, 0.3) is 6.08 Å². The maximum Gasteiger partial charge on any atom is 0.244 e. The van der Waals surface area contributed by atoms with E-state index < -0.39 is 10.0 Å². The number of carbonyl (C=O) groups is 1. The minimum absolute atomic E-state index is 0.244. The van der Waals surface area contributed by atoms with Crippen LogP contribution in [-0.2, 0) is 26.1 Å². The number of nitrogens with one attached hydrogen (secondary N) is 2. The third-order valence-electron chi connectivity index (χ3n) is 3.93. The van der Waals surface area contributed by atoms with Gasteiger partial charge in [0.05, 0.1) is 36.3 Å². The van der Waals surface area contributed by atoms with E-state index in [9.17, 15) is 13.2 Å². The molecule has 2 heterocycles. The molecule has 0 unspecified atom stereocenters. The Balaban J connectivity index is 1.56. The van der Waals surface area contributed by atoms with Crippen molar-refractivity contribution in [3.8, 4) is 0 Å². The van der Waals surface area contributed by atoms with Crippen LogP contribution in [0, 0.1) is 0 Å². The first-order valence-corrected chi connectivity index (χ1v) is 9.61. The molecule has 0 aliphatic carbocycles. The molecule has 1 aliphatic rings. The molecular formula is C17H20N4O4S. The van der Waals surface area contributed by atoms with Crippen LogP contribution in [0.4, 0.5) is 0 Å². The maximum atomic E-state index is 12.5. The minimum atomic E-state index is -3.50. The van der Waals surface area contributed by atoms with Crippen molar-refractivity contribution in [3.63, 3.8) is 0 Å². The molecular weight excluding hydrogens is 356 g/mol. The van der Waals surface area contributed by atoms with Gasteiger partial charge in [-0.05, 0) is 23.8 Å². The first-order chi connectivity index (χ1) is 12.6. The molecule has 1 aromatic heterocycles. The summed E-state index contributed by atoms with van der Waals surface area (Å²) in [6.45, 7) is 1.86. The highest BCUT2D eigenvalue weighted by Crippen LogP contribution is 2.17. The number of amides is 1. The topological polar surface area (TPSA) is 104 Å². The summed E-state index contributed by atoms with van der Waals surface area (Å²) in [5.41, 5.74) is 1.55. The average molecular weight is 376 g/mol. The average Bonchev–Trinajstić information content (AvgIpc) is 3.19. The summed E-state index contributed by atoms with van der Waals surface area (Å²) in [4.78, 5) is 18.8. The highest BCUT2D eigenvalue weighted by molar-refractivity contribution is 7.89. The van der Waals surface area contributed by atoms with Crippen LogP contribution < -0.4 is 5.32 Å². The fourth-order valence-electron chi connectivity index (χ4n) is 2.49. The predicted octanol–water partition coefficient (Wildman–Crippen LogP) is 0.760. The van der Waals surface area contributed by atoms with E-state index in [0.717, 1.165) is 11.3 Å². The van der Waals surface area contributed by atoms with Crippen molar-refractivity contribution in [2.75, 3.05) is 26.3 Å². The molecule has 0 radical (unpaired) electrons. The van der Waals surface area contributed by atoms with Gasteiger partial charge in [0.25, 0.3) is 0 Å². The number of ether oxygens (including phenoxy) is 1. The van der Waals surface area contributed by atoms with E-state index in [2.05, 4.69) is 15.3 Å². The summed E-state index contributed by atoms with van der Waals surface area (Å²) in [5.74, 6) is -0.246. The van der Waals surface area contributed by atoms with Crippen LogP contribution >= 0.6 is 0 Å². The van der Waals surface area contributed by atoms with Crippen molar-refractivity contribution in [2.24, 2.45) is 0 Å². The zero-order valence-electron chi connectivity index (χ0n) is 14.1. The monoisotopic (exact) mass is 376 g/mol. The van der Waals surface area contributed by atoms with Gasteiger partial charge in [0.2, 0.25) is 15.9 Å². The molecule has 0 bridgehead atoms. The second kappa shape index (κ2) is 8.26. The zero-order chi connectivity index (χ0) is 18.4. The lowest BCUT2D eigenvalue weighted by atomic mass is 10.2. The molecule has 26 heavy (non-hydrogen) atoms. The molecule has 1 aliphatic heterocycles. The molecule has 0 spiro atoms. The number of carbonyl (C=O) groups excluding carboxylic acids is 1. The number of benzene rings is 1. The van der Waals surface area contributed by atoms with Gasteiger partial charge in [0, 0.05) is 25.7 Å². The number of H-pyrrole nitrogens is 1. The third kappa shape index (κ3) is 4.57. The van der Waals surface area contributed by atoms with Gasteiger partial charge in [-0.15, -0.1) is 0 Å². The molecule has 2 N–H and O–H groups in total. The zero-order valence-corrected chi connectivity index (χ0v) is 14.9. The van der Waals surface area contributed by atoms with E-state index >= 15 is 0 Å². The second-order valence-electron chi connectivity index (χ2n) is 5.72. The number of aromatic nitrogens is 2. The van der Waals surface area contributed by atoms with Gasteiger partial charge in [-0.1, -0.05) is 12.1 Å². The van der Waals surface area contributed by atoms with Crippen molar-refractivity contribution >= 4 is 22.0 Å². The van der Waals surface area contributed by atoms with Gasteiger partial charge in [0.1, 0.15) is 0 Å². The molecule has 1 aromatic carbocycles. The first-order valence-electron chi connectivity index (χ1n) is 8.17. The number of hydrogen-bond donors (Lipinski definition) is 2. The number of sulfonamides is 1. The van der Waals surface area contributed by atoms with E-state index in [1.165, 1.54) is 16.7 Å². The molecule has 3 rings (SSSR count). The van der Waals surface area contributed by atoms with E-state index in [4.69, 9.17) is 4.74 Å². The fraction of sp³-hybridized carbons (Fsp3) is 0.294. The van der Waals surface area contributed by atoms with Crippen molar-refractivity contribution in [2.45, 2.75) is 11.4 Å². The molecule has 1 amide bonds. The number of hydrogen-bond acceptors (Lipinski definition) is 5. The van der Waals surface area contributed by atoms with Crippen LogP contribution in [0.15, 0.2) is 47.8 Å². The van der Waals surface area contributed by atoms with Gasteiger partial charge >= 0.3 is 0 Å². The Kier molecular flexibility index (Phi) is 5.82. The second-order valence-corrected chi connectivity index (χ2v) is 7.66. The summed E-state index contributed by atoms with van der Waals surface area (Å²) >= 11 is 0. The highest BCUT2D eigenvalue weighted by atomic mass is 32.2. The van der Waals surface area contributed by atoms with Crippen LogP contribution in [-0.4, -0.2) is 54.9 Å². The number of aromatic amines is 1. The summed E-state index contributed by atoms with van der Waals surface area (Å²) < 4.78 is 31.7. The number of imidazole rings is 1. The molecule has 138 valence electrons. The normalized spacial score (nSPS) is 16.0. The Labute approximate surface area is 151 Å². The molecule has 8 nitrogen and oxygen atoms in total. The molecule has 0 atom stereocenters. The van der Waals surface area contributed by atoms with Gasteiger partial charge in [-0.25, -0.2) is 13.4 Å². The van der Waals surface area contributed by atoms with Crippen molar-refractivity contribution in [1.82, 2.24) is 19.6 Å². The molecule has 1 fully saturated rings. The minimum Gasteiger partial charge on any atom is -0.379 e. The predicted molar refractivity (Wildman–Crippen MR) is 95.5 cm³/mol. The summed E-state index contributed by atoms with van der Waals surface area (Å²) in [5, 5.41) is 2.75. The van der Waals surface area contributed by atoms with Gasteiger partial charge in [-0.3, -0.25) is 4.79 Å². The maximum absolute atomic E-state index is 12.5. The molecule has 1 saturated heterocycles. The largest absolute Gasteiger partial charge is 0.379 e. The Morgan fingerprint density at radius 2 is 2.00 bits per heavy atom. The Morgan fingerprint density at radius 3 is 2.65 bits per heavy atom. The Hall–Kier alpha value is -2.49. The van der Waals surface area contributed by atoms with Gasteiger partial charge < -0.3 is 15.0 Å². The standard InChI is InChI=1S/C17H20N4O4S/c22-17(6-3-15-12-18-13-20-15)19-11-14-1-4-16(5-2-14)26(23,24)21-7-9-25-10-8-21/h1-6,12-13H,7-11H2,(H,18,20)(H,19,22)/b6-3+. The number of morpholine rings is 1. The van der Waals surface area contributed by atoms with Gasteiger partial charge in [-0.2, -0.15) is 4.31 Å². The highest BCUT2D eigenvalue weighted by Gasteiger charge is 2.25. The molecule has 0 saturated carbocycles. The van der Waals surface area contributed by atoms with E-state index in [0.29, 0.717) is 32.8 Å². The Bertz CT molecular complexity index is 855. The quantitative estimate of drug-likeness (QED) is 0.725. The lowest BCUT2D eigenvalue weighted by Gasteiger charge is -2.26. The first kappa shape index (κ1) is 18.3. The van der Waals surface area contributed by atoms with E-state index in [1.807, 2.05) is 0 Å². The van der Waals surface area contributed by atoms with Gasteiger partial charge in [0.15, 0.2) is 0 Å². The number of nitrogens with zero attached hydrogens (tertiary/aromatic N) is 2. The smallest absolute Gasteiger partial charge is 0.244 e. The van der Waals surface area contributed by atoms with Crippen LogP contribution in [0.1, 0.15) is 11.3 Å². The van der Waals surface area contributed by atoms with E-state index in [-0.39, 0.29) is 10.8 Å². The molecule has 9 heteroatoms. The summed E-state index contributed by atoms with van der Waals surface area (Å²) in [6.07, 6.45) is 6.17. The van der Waals surface area contributed by atoms with Crippen LogP contribution in [0.5, 0.6) is 0 Å². The third-order valence-corrected chi connectivity index (χ3v) is 5.84. The molecule has 2 aromatic rings. The van der Waals surface area contributed by atoms with Crippen molar-refractivity contribution < 1.29 is 17.9 Å².